The van der Waals surface area contributed by atoms with E-state index in [1.165, 1.54) is 33.7 Å². The molecular weight excluding hydrogens is 360 g/mol. The van der Waals surface area contributed by atoms with E-state index >= 15 is 0 Å². The van der Waals surface area contributed by atoms with Gasteiger partial charge in [0.2, 0.25) is 12.2 Å². The van der Waals surface area contributed by atoms with Gasteiger partial charge >= 0.3 is 0 Å². The molecule has 10 heteroatoms. The fraction of sp³-hybridized carbons (Fsp3) is 0.667. The first-order chi connectivity index (χ1) is 10.6. The Balaban J connectivity index is 4.46. The van der Waals surface area contributed by atoms with Crippen molar-refractivity contribution >= 4 is 68.5 Å². The summed E-state index contributed by atoms with van der Waals surface area (Å²) < 4.78 is 0. The molecule has 4 unspecified atom stereocenters. The van der Waals surface area contributed by atoms with E-state index in [1.807, 2.05) is 0 Å². The van der Waals surface area contributed by atoms with Crippen LogP contribution < -0.4 is 0 Å². The minimum absolute atomic E-state index is 0.241. The highest BCUT2D eigenvalue weighted by Crippen LogP contribution is 2.26. The van der Waals surface area contributed by atoms with Gasteiger partial charge < -0.3 is 0 Å². The maximum Gasteiger partial charge on any atom is 0.235 e. The Morgan fingerprint density at radius 2 is 1.18 bits per heavy atom. The third-order valence-electron chi connectivity index (χ3n) is 2.62. The number of thiocarbonyl (C=S) groups is 2. The standard InChI is InChI=1S/C12H14N4O2S4/c1-9(13-5-17)11(15-7-19)3-21-22-4-12(16-8-20)10(2)14-6-18/h9-12H,3-4H2,1-2H3. The molecule has 0 bridgehead atoms. The van der Waals surface area contributed by atoms with Gasteiger partial charge in [-0.3, -0.25) is 0 Å². The molecule has 0 aromatic heterocycles. The summed E-state index contributed by atoms with van der Waals surface area (Å²) in [5, 5.41) is 4.62. The van der Waals surface area contributed by atoms with E-state index in [0.29, 0.717) is 11.5 Å². The van der Waals surface area contributed by atoms with Crippen molar-refractivity contribution in [2.75, 3.05) is 11.5 Å². The average Bonchev–Trinajstić information content (AvgIpc) is 2.49. The van der Waals surface area contributed by atoms with Crippen molar-refractivity contribution in [2.24, 2.45) is 20.0 Å². The Hall–Kier alpha value is -0.940. The van der Waals surface area contributed by atoms with Crippen LogP contribution in [0.15, 0.2) is 20.0 Å². The molecule has 0 fully saturated rings. The van der Waals surface area contributed by atoms with Crippen LogP contribution in [0.2, 0.25) is 0 Å². The van der Waals surface area contributed by atoms with Crippen LogP contribution in [0.3, 0.4) is 0 Å². The molecule has 0 aliphatic heterocycles. The van der Waals surface area contributed by atoms with Crippen molar-refractivity contribution in [3.63, 3.8) is 0 Å². The topological polar surface area (TPSA) is 83.6 Å². The van der Waals surface area contributed by atoms with E-state index in [9.17, 15) is 9.59 Å². The van der Waals surface area contributed by atoms with Gasteiger partial charge in [-0.25, -0.2) is 29.6 Å². The zero-order valence-corrected chi connectivity index (χ0v) is 15.2. The number of isothiocyanates is 2. The minimum Gasteiger partial charge on any atom is -0.226 e. The van der Waals surface area contributed by atoms with Gasteiger partial charge in [0, 0.05) is 11.5 Å². The zero-order chi connectivity index (χ0) is 16.8. The number of hydrogen-bond donors (Lipinski definition) is 0. The lowest BCUT2D eigenvalue weighted by molar-refractivity contribution is 0.548. The van der Waals surface area contributed by atoms with Crippen LogP contribution in [0, 0.1) is 0 Å². The van der Waals surface area contributed by atoms with Crippen LogP contribution in [0.1, 0.15) is 13.8 Å². The molecule has 0 radical (unpaired) electrons. The highest BCUT2D eigenvalue weighted by molar-refractivity contribution is 8.76. The number of hydrogen-bond acceptors (Lipinski definition) is 10. The van der Waals surface area contributed by atoms with Crippen molar-refractivity contribution in [2.45, 2.75) is 38.0 Å². The molecule has 0 heterocycles. The summed E-state index contributed by atoms with van der Waals surface area (Å²) in [5.74, 6) is 1.19. The largest absolute Gasteiger partial charge is 0.235 e. The van der Waals surface area contributed by atoms with E-state index < -0.39 is 0 Å². The second-order valence-corrected chi connectivity index (χ2v) is 6.98. The van der Waals surface area contributed by atoms with Gasteiger partial charge in [-0.2, -0.15) is 0 Å². The molecule has 0 N–H and O–H groups in total. The molecule has 0 aliphatic carbocycles. The molecule has 4 atom stereocenters. The van der Waals surface area contributed by atoms with Crippen LogP contribution in [0.4, 0.5) is 0 Å². The van der Waals surface area contributed by atoms with Gasteiger partial charge in [0.15, 0.2) is 0 Å². The second-order valence-electron chi connectivity index (χ2n) is 4.07. The van der Waals surface area contributed by atoms with Crippen molar-refractivity contribution < 1.29 is 9.59 Å². The van der Waals surface area contributed by atoms with E-state index in [0.717, 1.165) is 0 Å². The Morgan fingerprint density at radius 3 is 1.45 bits per heavy atom. The Morgan fingerprint density at radius 1 is 0.818 bits per heavy atom. The van der Waals surface area contributed by atoms with E-state index in [-0.39, 0.29) is 24.2 Å². The van der Waals surface area contributed by atoms with Gasteiger partial charge in [-0.1, -0.05) is 21.6 Å². The Bertz CT molecular complexity index is 485. The molecule has 0 spiro atoms. The summed E-state index contributed by atoms with van der Waals surface area (Å²) in [6.07, 6.45) is 3.03. The normalized spacial score (nSPS) is 14.8. The number of nitrogens with zero attached hydrogens (tertiary/aromatic N) is 4. The van der Waals surface area contributed by atoms with Crippen LogP contribution in [-0.2, 0) is 9.59 Å². The Kier molecular flexibility index (Phi) is 13.1. The molecule has 6 nitrogen and oxygen atoms in total. The van der Waals surface area contributed by atoms with Crippen LogP contribution >= 0.6 is 46.0 Å². The monoisotopic (exact) mass is 374 g/mol. The SMILES string of the molecule is CC(N=C=O)C(CSSCC(N=C=S)C(C)N=C=O)N=C=S. The van der Waals surface area contributed by atoms with Crippen LogP contribution in [0.25, 0.3) is 0 Å². The van der Waals surface area contributed by atoms with Crippen LogP contribution in [0.5, 0.6) is 0 Å². The number of carbonyl (C=O) groups excluding carboxylic acids is 2. The molecule has 22 heavy (non-hydrogen) atoms. The molecule has 0 saturated carbocycles. The zero-order valence-electron chi connectivity index (χ0n) is 12.0. The molecule has 0 aromatic carbocycles. The summed E-state index contributed by atoms with van der Waals surface area (Å²) in [6.45, 7) is 3.52. The highest BCUT2D eigenvalue weighted by atomic mass is 33.1. The fourth-order valence-electron chi connectivity index (χ4n) is 1.28. The van der Waals surface area contributed by atoms with Crippen molar-refractivity contribution in [3.8, 4) is 0 Å². The molecule has 0 rings (SSSR count). The average molecular weight is 375 g/mol. The van der Waals surface area contributed by atoms with E-state index in [4.69, 9.17) is 0 Å². The van der Waals surface area contributed by atoms with Gasteiger partial charge in [0.25, 0.3) is 0 Å². The quantitative estimate of drug-likeness (QED) is 0.182. The number of aliphatic imine (C=N–C) groups is 4. The molecular formula is C12H14N4O2S4. The van der Waals surface area contributed by atoms with Crippen LogP contribution in [-0.4, -0.2) is 58.2 Å². The van der Waals surface area contributed by atoms with E-state index in [2.05, 4.69) is 54.7 Å². The third-order valence-corrected chi connectivity index (χ3v) is 5.27. The minimum atomic E-state index is -0.311. The first kappa shape index (κ1) is 21.1. The second kappa shape index (κ2) is 13.7. The maximum absolute atomic E-state index is 10.3. The molecule has 118 valence electrons. The van der Waals surface area contributed by atoms with Crippen molar-refractivity contribution in [3.05, 3.63) is 0 Å². The lowest BCUT2D eigenvalue weighted by atomic mass is 10.2. The van der Waals surface area contributed by atoms with Crippen molar-refractivity contribution in [1.82, 2.24) is 0 Å². The molecule has 0 amide bonds. The first-order valence-corrected chi connectivity index (χ1v) is 9.43. The van der Waals surface area contributed by atoms with Gasteiger partial charge in [-0.15, -0.1) is 0 Å². The predicted octanol–water partition coefficient (Wildman–Crippen LogP) is 2.76. The predicted molar refractivity (Wildman–Crippen MR) is 97.7 cm³/mol. The number of rotatable bonds is 11. The number of isocyanates is 2. The third kappa shape index (κ3) is 9.15. The molecule has 0 aromatic rings. The maximum atomic E-state index is 10.3. The van der Waals surface area contributed by atoms with Crippen molar-refractivity contribution in [1.29, 1.82) is 0 Å². The van der Waals surface area contributed by atoms with Gasteiger partial charge in [0.05, 0.1) is 34.5 Å². The summed E-state index contributed by atoms with van der Waals surface area (Å²) in [6, 6.07) is -1.10. The highest BCUT2D eigenvalue weighted by Gasteiger charge is 2.18. The lowest BCUT2D eigenvalue weighted by Gasteiger charge is -2.15. The lowest BCUT2D eigenvalue weighted by Crippen LogP contribution is -2.23. The van der Waals surface area contributed by atoms with Gasteiger partial charge in [0.1, 0.15) is 0 Å². The Labute approximate surface area is 147 Å². The van der Waals surface area contributed by atoms with Gasteiger partial charge in [-0.05, 0) is 38.3 Å². The first-order valence-electron chi connectivity index (χ1n) is 6.13. The summed E-state index contributed by atoms with van der Waals surface area (Å²) in [4.78, 5) is 35.8. The smallest absolute Gasteiger partial charge is 0.226 e. The molecule has 0 aliphatic rings. The summed E-state index contributed by atoms with van der Waals surface area (Å²) in [7, 11) is 3.06. The molecule has 0 saturated heterocycles. The summed E-state index contributed by atoms with van der Waals surface area (Å²) in [5.41, 5.74) is 0. The summed E-state index contributed by atoms with van der Waals surface area (Å²) >= 11 is 9.19. The van der Waals surface area contributed by atoms with E-state index in [1.54, 1.807) is 13.8 Å². The fourth-order valence-corrected chi connectivity index (χ4v) is 4.14.